The highest BCUT2D eigenvalue weighted by Gasteiger charge is 2.31. The summed E-state index contributed by atoms with van der Waals surface area (Å²) < 4.78 is 6.39. The monoisotopic (exact) mass is 309 g/mol. The summed E-state index contributed by atoms with van der Waals surface area (Å²) in [4.78, 5) is 14.4. The lowest BCUT2D eigenvalue weighted by molar-refractivity contribution is -0.139. The quantitative estimate of drug-likeness (QED) is 0.794. The number of carbonyl (C=O) groups is 1. The third kappa shape index (κ3) is 2.31. The molecule has 0 N–H and O–H groups in total. The lowest BCUT2D eigenvalue weighted by Crippen LogP contribution is -2.44. The predicted molar refractivity (Wildman–Crippen MR) is 72.4 cm³/mol. The number of ether oxygens (including phenoxy) is 1. The molecule has 1 amide bonds. The Labute approximate surface area is 115 Å². The van der Waals surface area contributed by atoms with Gasteiger partial charge in [-0.25, -0.2) is 0 Å². The molecule has 1 heterocycles. The van der Waals surface area contributed by atoms with Gasteiger partial charge in [-0.1, -0.05) is 22.0 Å². The Morgan fingerprint density at radius 1 is 1.22 bits per heavy atom. The number of nitrogens with zero attached hydrogens (tertiary/aromatic N) is 1. The first kappa shape index (κ1) is 12.2. The van der Waals surface area contributed by atoms with Gasteiger partial charge < -0.3 is 9.64 Å². The maximum Gasteiger partial charge on any atom is 0.226 e. The molecule has 0 saturated carbocycles. The second-order valence-electron chi connectivity index (χ2n) is 4.96. The zero-order valence-electron chi connectivity index (χ0n) is 10.2. The summed E-state index contributed by atoms with van der Waals surface area (Å²) in [5.74, 6) is 0.429. The SMILES string of the molecule is O=C(C1Cc2ccc(Br)cc2C1)N1CCOCC1. The zero-order chi connectivity index (χ0) is 12.5. The molecule has 18 heavy (non-hydrogen) atoms. The first-order chi connectivity index (χ1) is 8.74. The Kier molecular flexibility index (Phi) is 3.39. The molecule has 4 heteroatoms. The van der Waals surface area contributed by atoms with Crippen LogP contribution >= 0.6 is 15.9 Å². The summed E-state index contributed by atoms with van der Waals surface area (Å²) >= 11 is 3.49. The molecule has 1 saturated heterocycles. The molecule has 96 valence electrons. The molecule has 3 nitrogen and oxygen atoms in total. The lowest BCUT2D eigenvalue weighted by atomic mass is 10.0. The van der Waals surface area contributed by atoms with Crippen molar-refractivity contribution in [2.75, 3.05) is 26.3 Å². The van der Waals surface area contributed by atoms with E-state index >= 15 is 0 Å². The Morgan fingerprint density at radius 3 is 2.72 bits per heavy atom. The molecule has 3 rings (SSSR count). The smallest absolute Gasteiger partial charge is 0.226 e. The Hall–Kier alpha value is -0.870. The number of amides is 1. The highest BCUT2D eigenvalue weighted by molar-refractivity contribution is 9.10. The van der Waals surface area contributed by atoms with E-state index in [4.69, 9.17) is 4.74 Å². The molecular weight excluding hydrogens is 294 g/mol. The third-order valence-electron chi connectivity index (χ3n) is 3.77. The van der Waals surface area contributed by atoms with E-state index in [1.54, 1.807) is 0 Å². The highest BCUT2D eigenvalue weighted by Crippen LogP contribution is 2.30. The van der Waals surface area contributed by atoms with Crippen molar-refractivity contribution in [3.05, 3.63) is 33.8 Å². The van der Waals surface area contributed by atoms with E-state index in [0.29, 0.717) is 19.1 Å². The van der Waals surface area contributed by atoms with Crippen LogP contribution in [0.25, 0.3) is 0 Å². The molecule has 2 aliphatic rings. The van der Waals surface area contributed by atoms with Gasteiger partial charge in [0.05, 0.1) is 13.2 Å². The van der Waals surface area contributed by atoms with Crippen molar-refractivity contribution >= 4 is 21.8 Å². The standard InChI is InChI=1S/C14H16BrNO2/c15-13-2-1-10-7-12(8-11(10)9-13)14(17)16-3-5-18-6-4-16/h1-2,9,12H,3-8H2. The van der Waals surface area contributed by atoms with Gasteiger partial charge in [0.15, 0.2) is 0 Å². The van der Waals surface area contributed by atoms with Gasteiger partial charge in [0.1, 0.15) is 0 Å². The number of hydrogen-bond donors (Lipinski definition) is 0. The van der Waals surface area contributed by atoms with Crippen LogP contribution in [-0.2, 0) is 22.4 Å². The van der Waals surface area contributed by atoms with Crippen LogP contribution in [0, 0.1) is 5.92 Å². The summed E-state index contributed by atoms with van der Waals surface area (Å²) in [7, 11) is 0. The molecular formula is C14H16BrNO2. The minimum atomic E-state index is 0.132. The molecule has 1 aromatic carbocycles. The van der Waals surface area contributed by atoms with Crippen LogP contribution < -0.4 is 0 Å². The maximum atomic E-state index is 12.4. The molecule has 1 unspecified atom stereocenters. The number of morpholine rings is 1. The van der Waals surface area contributed by atoms with Gasteiger partial charge in [0.2, 0.25) is 5.91 Å². The number of carbonyl (C=O) groups excluding carboxylic acids is 1. The van der Waals surface area contributed by atoms with Crippen molar-refractivity contribution < 1.29 is 9.53 Å². The van der Waals surface area contributed by atoms with Gasteiger partial charge >= 0.3 is 0 Å². The average Bonchev–Trinajstić information content (AvgIpc) is 2.81. The minimum absolute atomic E-state index is 0.132. The van der Waals surface area contributed by atoms with E-state index in [1.165, 1.54) is 11.1 Å². The van der Waals surface area contributed by atoms with Crippen LogP contribution in [0.2, 0.25) is 0 Å². The van der Waals surface area contributed by atoms with Crippen LogP contribution in [0.4, 0.5) is 0 Å². The molecule has 1 fully saturated rings. The van der Waals surface area contributed by atoms with Crippen LogP contribution in [-0.4, -0.2) is 37.1 Å². The van der Waals surface area contributed by atoms with Crippen molar-refractivity contribution in [3.63, 3.8) is 0 Å². The van der Waals surface area contributed by atoms with Gasteiger partial charge in [-0.2, -0.15) is 0 Å². The second kappa shape index (κ2) is 5.02. The summed E-state index contributed by atoms with van der Waals surface area (Å²) in [6.07, 6.45) is 1.77. The van der Waals surface area contributed by atoms with Crippen molar-refractivity contribution in [1.29, 1.82) is 0 Å². The topological polar surface area (TPSA) is 29.5 Å². The minimum Gasteiger partial charge on any atom is -0.378 e. The normalized spacial score (nSPS) is 22.9. The summed E-state index contributed by atoms with van der Waals surface area (Å²) in [6, 6.07) is 6.33. The summed E-state index contributed by atoms with van der Waals surface area (Å²) in [5.41, 5.74) is 2.64. The fourth-order valence-corrected chi connectivity index (χ4v) is 3.21. The molecule has 1 atom stereocenters. The number of fused-ring (bicyclic) bond motifs is 1. The Balaban J connectivity index is 1.71. The van der Waals surface area contributed by atoms with Crippen LogP contribution in [0.1, 0.15) is 11.1 Å². The summed E-state index contributed by atoms with van der Waals surface area (Å²) in [5, 5.41) is 0. The Bertz CT molecular complexity index is 469. The lowest BCUT2D eigenvalue weighted by Gasteiger charge is -2.29. The Morgan fingerprint density at radius 2 is 1.94 bits per heavy atom. The van der Waals surface area contributed by atoms with E-state index in [2.05, 4.69) is 34.1 Å². The van der Waals surface area contributed by atoms with Crippen LogP contribution in [0.3, 0.4) is 0 Å². The maximum absolute atomic E-state index is 12.4. The largest absolute Gasteiger partial charge is 0.378 e. The van der Waals surface area contributed by atoms with Gasteiger partial charge in [0.25, 0.3) is 0 Å². The number of hydrogen-bond acceptors (Lipinski definition) is 2. The van der Waals surface area contributed by atoms with Gasteiger partial charge in [-0.05, 0) is 36.1 Å². The first-order valence-corrected chi connectivity index (χ1v) is 7.17. The van der Waals surface area contributed by atoms with E-state index in [1.807, 2.05) is 4.90 Å². The number of halogens is 1. The molecule has 0 bridgehead atoms. The molecule has 1 aliphatic carbocycles. The number of rotatable bonds is 1. The summed E-state index contributed by atoms with van der Waals surface area (Å²) in [6.45, 7) is 2.85. The van der Waals surface area contributed by atoms with Crippen molar-refractivity contribution in [3.8, 4) is 0 Å². The van der Waals surface area contributed by atoms with E-state index in [9.17, 15) is 4.79 Å². The van der Waals surface area contributed by atoms with Crippen molar-refractivity contribution in [2.24, 2.45) is 5.92 Å². The van der Waals surface area contributed by atoms with Crippen LogP contribution in [0.15, 0.2) is 22.7 Å². The number of benzene rings is 1. The highest BCUT2D eigenvalue weighted by atomic mass is 79.9. The fourth-order valence-electron chi connectivity index (χ4n) is 2.80. The predicted octanol–water partition coefficient (Wildman–Crippen LogP) is 2.02. The molecule has 1 aliphatic heterocycles. The van der Waals surface area contributed by atoms with Gasteiger partial charge in [0, 0.05) is 23.5 Å². The van der Waals surface area contributed by atoms with E-state index in [0.717, 1.165) is 30.4 Å². The fraction of sp³-hybridized carbons (Fsp3) is 0.500. The first-order valence-electron chi connectivity index (χ1n) is 6.38. The zero-order valence-corrected chi connectivity index (χ0v) is 11.8. The van der Waals surface area contributed by atoms with E-state index in [-0.39, 0.29) is 5.92 Å². The van der Waals surface area contributed by atoms with Gasteiger partial charge in [-0.15, -0.1) is 0 Å². The molecule has 0 radical (unpaired) electrons. The molecule has 0 aromatic heterocycles. The third-order valence-corrected chi connectivity index (χ3v) is 4.27. The van der Waals surface area contributed by atoms with Crippen LogP contribution in [0.5, 0.6) is 0 Å². The van der Waals surface area contributed by atoms with Gasteiger partial charge in [-0.3, -0.25) is 4.79 Å². The van der Waals surface area contributed by atoms with E-state index < -0.39 is 0 Å². The van der Waals surface area contributed by atoms with Crippen molar-refractivity contribution in [1.82, 2.24) is 4.90 Å². The second-order valence-corrected chi connectivity index (χ2v) is 5.87. The average molecular weight is 310 g/mol. The molecule has 1 aromatic rings. The van der Waals surface area contributed by atoms with Crippen molar-refractivity contribution in [2.45, 2.75) is 12.8 Å². The molecule has 0 spiro atoms.